The predicted molar refractivity (Wildman–Crippen MR) is 45.6 cm³/mol. The lowest BCUT2D eigenvalue weighted by molar-refractivity contribution is -0.274. The molecule has 0 unspecified atom stereocenters. The summed E-state index contributed by atoms with van der Waals surface area (Å²) in [5.41, 5.74) is -0.455. The number of amides is 1. The summed E-state index contributed by atoms with van der Waals surface area (Å²) < 4.78 is 39.4. The molecule has 0 aliphatic rings. The van der Waals surface area contributed by atoms with Gasteiger partial charge in [0.2, 0.25) is 6.08 Å². The molecular formula is C9H4F3NO3. The molecule has 7 heteroatoms. The SMILES string of the molecule is O=C=NC(=O)c1ccccc1OC(F)(F)F. The van der Waals surface area contributed by atoms with E-state index < -0.39 is 23.6 Å². The van der Waals surface area contributed by atoms with Crippen molar-refractivity contribution >= 4 is 12.0 Å². The van der Waals surface area contributed by atoms with Crippen molar-refractivity contribution in [3.05, 3.63) is 29.8 Å². The number of carbonyl (C=O) groups is 1. The van der Waals surface area contributed by atoms with Crippen LogP contribution in [0.4, 0.5) is 13.2 Å². The van der Waals surface area contributed by atoms with Crippen LogP contribution >= 0.6 is 0 Å². The third kappa shape index (κ3) is 3.21. The lowest BCUT2D eigenvalue weighted by Crippen LogP contribution is -2.18. The third-order valence-corrected chi connectivity index (χ3v) is 1.49. The summed E-state index contributed by atoms with van der Waals surface area (Å²) in [5, 5.41) is 0. The molecule has 0 radical (unpaired) electrons. The monoisotopic (exact) mass is 231 g/mol. The molecule has 0 spiro atoms. The minimum absolute atomic E-state index is 0.455. The minimum Gasteiger partial charge on any atom is -0.405 e. The van der Waals surface area contributed by atoms with E-state index >= 15 is 0 Å². The first-order chi connectivity index (χ1) is 7.44. The highest BCUT2D eigenvalue weighted by atomic mass is 19.4. The number of nitrogens with zero attached hydrogens (tertiary/aromatic N) is 1. The highest BCUT2D eigenvalue weighted by Gasteiger charge is 2.32. The summed E-state index contributed by atoms with van der Waals surface area (Å²) >= 11 is 0. The summed E-state index contributed by atoms with van der Waals surface area (Å²) in [6.45, 7) is 0. The summed E-state index contributed by atoms with van der Waals surface area (Å²) in [5.74, 6) is -1.85. The second-order valence-electron chi connectivity index (χ2n) is 2.55. The van der Waals surface area contributed by atoms with E-state index in [1.165, 1.54) is 12.1 Å². The van der Waals surface area contributed by atoms with Crippen molar-refractivity contribution in [1.82, 2.24) is 0 Å². The third-order valence-electron chi connectivity index (χ3n) is 1.49. The highest BCUT2D eigenvalue weighted by molar-refractivity contribution is 5.99. The van der Waals surface area contributed by atoms with Crippen LogP contribution in [0, 0.1) is 0 Å². The van der Waals surface area contributed by atoms with Gasteiger partial charge in [-0.15, -0.1) is 18.2 Å². The van der Waals surface area contributed by atoms with Crippen LogP contribution in [0.1, 0.15) is 10.4 Å². The van der Waals surface area contributed by atoms with Crippen LogP contribution in [-0.4, -0.2) is 18.3 Å². The Morgan fingerprint density at radius 1 is 1.31 bits per heavy atom. The average molecular weight is 231 g/mol. The molecule has 0 atom stereocenters. The zero-order chi connectivity index (χ0) is 12.2. The molecule has 0 aliphatic carbocycles. The topological polar surface area (TPSA) is 55.7 Å². The molecule has 1 aromatic rings. The van der Waals surface area contributed by atoms with E-state index in [1.807, 2.05) is 0 Å². The van der Waals surface area contributed by atoms with Crippen LogP contribution in [0.2, 0.25) is 0 Å². The van der Waals surface area contributed by atoms with Crippen molar-refractivity contribution in [2.24, 2.45) is 4.99 Å². The molecule has 1 aromatic carbocycles. The number of carbonyl (C=O) groups excluding carboxylic acids is 2. The van der Waals surface area contributed by atoms with Crippen LogP contribution in [-0.2, 0) is 4.79 Å². The van der Waals surface area contributed by atoms with Crippen molar-refractivity contribution in [3.8, 4) is 5.75 Å². The molecule has 0 saturated heterocycles. The van der Waals surface area contributed by atoms with Crippen molar-refractivity contribution in [1.29, 1.82) is 0 Å². The van der Waals surface area contributed by atoms with Gasteiger partial charge in [0, 0.05) is 0 Å². The predicted octanol–water partition coefficient (Wildman–Crippen LogP) is 2.06. The van der Waals surface area contributed by atoms with Gasteiger partial charge >= 0.3 is 6.36 Å². The van der Waals surface area contributed by atoms with E-state index in [0.29, 0.717) is 0 Å². The molecule has 0 bridgehead atoms. The van der Waals surface area contributed by atoms with E-state index in [-0.39, 0.29) is 0 Å². The van der Waals surface area contributed by atoms with Crippen LogP contribution in [0.3, 0.4) is 0 Å². The van der Waals surface area contributed by atoms with E-state index in [2.05, 4.69) is 9.73 Å². The largest absolute Gasteiger partial charge is 0.573 e. The molecule has 4 nitrogen and oxygen atoms in total. The number of aliphatic imine (C=N–C) groups is 1. The Kier molecular flexibility index (Phi) is 3.42. The van der Waals surface area contributed by atoms with E-state index in [1.54, 1.807) is 0 Å². The number of ether oxygens (including phenoxy) is 1. The standard InChI is InChI=1S/C9H4F3NO3/c10-9(11,12)16-7-4-2-1-3-6(7)8(15)13-5-14/h1-4H. The Labute approximate surface area is 87.4 Å². The number of rotatable bonds is 2. The Balaban J connectivity index is 3.10. The number of hydrogen-bond donors (Lipinski definition) is 0. The number of hydrogen-bond acceptors (Lipinski definition) is 3. The average Bonchev–Trinajstić information content (AvgIpc) is 2.16. The zero-order valence-corrected chi connectivity index (χ0v) is 7.62. The van der Waals surface area contributed by atoms with Crippen molar-refractivity contribution < 1.29 is 27.5 Å². The van der Waals surface area contributed by atoms with Gasteiger partial charge in [0.05, 0.1) is 5.56 Å². The van der Waals surface area contributed by atoms with Crippen LogP contribution < -0.4 is 4.74 Å². The fourth-order valence-corrected chi connectivity index (χ4v) is 0.959. The summed E-state index contributed by atoms with van der Waals surface area (Å²) in [4.78, 5) is 23.6. The van der Waals surface area contributed by atoms with Crippen LogP contribution in [0.5, 0.6) is 5.75 Å². The van der Waals surface area contributed by atoms with Gasteiger partial charge in [0.15, 0.2) is 0 Å². The maximum Gasteiger partial charge on any atom is 0.573 e. The number of halogens is 3. The van der Waals surface area contributed by atoms with Gasteiger partial charge in [-0.3, -0.25) is 4.79 Å². The quantitative estimate of drug-likeness (QED) is 0.578. The first-order valence-corrected chi connectivity index (χ1v) is 3.91. The van der Waals surface area contributed by atoms with Gasteiger partial charge in [-0.1, -0.05) is 12.1 Å². The Hall–Kier alpha value is -2.14. The molecule has 0 N–H and O–H groups in total. The van der Waals surface area contributed by atoms with E-state index in [0.717, 1.165) is 18.2 Å². The van der Waals surface area contributed by atoms with Gasteiger partial charge in [0.25, 0.3) is 5.91 Å². The molecule has 0 heterocycles. The minimum atomic E-state index is -4.92. The molecule has 0 fully saturated rings. The number of benzene rings is 1. The van der Waals surface area contributed by atoms with Crippen molar-refractivity contribution in [3.63, 3.8) is 0 Å². The molecule has 0 saturated carbocycles. The molecule has 16 heavy (non-hydrogen) atoms. The fraction of sp³-hybridized carbons (Fsp3) is 0.111. The highest BCUT2D eigenvalue weighted by Crippen LogP contribution is 2.26. The maximum absolute atomic E-state index is 11.9. The first-order valence-electron chi connectivity index (χ1n) is 3.91. The fourth-order valence-electron chi connectivity index (χ4n) is 0.959. The molecule has 1 amide bonds. The first kappa shape index (κ1) is 11.9. The maximum atomic E-state index is 11.9. The molecule has 0 aliphatic heterocycles. The second kappa shape index (κ2) is 4.59. The van der Waals surface area contributed by atoms with Crippen molar-refractivity contribution in [2.75, 3.05) is 0 Å². The molecule has 84 valence electrons. The van der Waals surface area contributed by atoms with Gasteiger partial charge < -0.3 is 4.74 Å². The normalized spacial score (nSPS) is 10.4. The summed E-state index contributed by atoms with van der Waals surface area (Å²) in [6, 6.07) is 4.57. The lowest BCUT2D eigenvalue weighted by Gasteiger charge is -2.10. The molecule has 0 aromatic heterocycles. The van der Waals surface area contributed by atoms with Gasteiger partial charge in [-0.05, 0) is 12.1 Å². The van der Waals surface area contributed by atoms with Gasteiger partial charge in [-0.2, -0.15) is 0 Å². The number of para-hydroxylation sites is 1. The molecular weight excluding hydrogens is 227 g/mol. The zero-order valence-electron chi connectivity index (χ0n) is 7.62. The van der Waals surface area contributed by atoms with Crippen LogP contribution in [0.15, 0.2) is 29.3 Å². The van der Waals surface area contributed by atoms with Crippen LogP contribution in [0.25, 0.3) is 0 Å². The molecule has 1 rings (SSSR count). The van der Waals surface area contributed by atoms with E-state index in [9.17, 15) is 22.8 Å². The Bertz CT molecular complexity index is 450. The smallest absolute Gasteiger partial charge is 0.405 e. The summed E-state index contributed by atoms with van der Waals surface area (Å²) in [7, 11) is 0. The van der Waals surface area contributed by atoms with Gasteiger partial charge in [-0.25, -0.2) is 4.79 Å². The van der Waals surface area contributed by atoms with Crippen molar-refractivity contribution in [2.45, 2.75) is 6.36 Å². The summed E-state index contributed by atoms with van der Waals surface area (Å²) in [6.07, 6.45) is -3.97. The Morgan fingerprint density at radius 3 is 2.50 bits per heavy atom. The van der Waals surface area contributed by atoms with E-state index in [4.69, 9.17) is 0 Å². The number of isocyanates is 1. The van der Waals surface area contributed by atoms with Gasteiger partial charge in [0.1, 0.15) is 5.75 Å². The Morgan fingerprint density at radius 2 is 1.94 bits per heavy atom. The second-order valence-corrected chi connectivity index (χ2v) is 2.55. The lowest BCUT2D eigenvalue weighted by atomic mass is 10.2. The number of alkyl halides is 3.